The maximum atomic E-state index is 14.0. The van der Waals surface area contributed by atoms with Gasteiger partial charge in [0.15, 0.2) is 4.80 Å². The van der Waals surface area contributed by atoms with Crippen LogP contribution in [0.1, 0.15) is 29.7 Å². The molecule has 0 spiro atoms. The van der Waals surface area contributed by atoms with Gasteiger partial charge in [0, 0.05) is 5.56 Å². The van der Waals surface area contributed by atoms with Crippen molar-refractivity contribution < 1.29 is 19.0 Å². The number of thiazole rings is 1. The highest BCUT2D eigenvalue weighted by atomic mass is 79.9. The zero-order valence-corrected chi connectivity index (χ0v) is 24.9. The zero-order chi connectivity index (χ0) is 28.9. The highest BCUT2D eigenvalue weighted by Crippen LogP contribution is 2.35. The van der Waals surface area contributed by atoms with Crippen LogP contribution in [0.25, 0.3) is 11.8 Å². The van der Waals surface area contributed by atoms with Crippen molar-refractivity contribution in [1.82, 2.24) is 4.57 Å². The standard InChI is InChI=1S/C32H27BrN2O5S/c1-4-17-40-25-16-11-20(18-24(25)33)19-26-30(36)35-29(22-12-14-23(38-3)15-13-22)27(31(37)39-5-2)28(34-32(35)41-26)21-9-7-6-8-10-21/h4,6-16,18-19,29H,1,5,17H2,2-3H3/b26-19-/t29-/m0/s1. The summed E-state index contributed by atoms with van der Waals surface area (Å²) in [6.07, 6.45) is 3.49. The van der Waals surface area contributed by atoms with Gasteiger partial charge in [0.05, 0.1) is 40.0 Å². The number of fused-ring (bicyclic) bond motifs is 1. The molecule has 0 N–H and O–H groups in total. The highest BCUT2D eigenvalue weighted by Gasteiger charge is 2.35. The van der Waals surface area contributed by atoms with E-state index in [1.807, 2.05) is 78.9 Å². The van der Waals surface area contributed by atoms with Crippen LogP contribution in [0.3, 0.4) is 0 Å². The third kappa shape index (κ3) is 5.82. The largest absolute Gasteiger partial charge is 0.497 e. The number of nitrogens with zero attached hydrogens (tertiary/aromatic N) is 2. The van der Waals surface area contributed by atoms with Gasteiger partial charge in [-0.1, -0.05) is 72.5 Å². The third-order valence-corrected chi connectivity index (χ3v) is 8.02. The van der Waals surface area contributed by atoms with Gasteiger partial charge in [-0.25, -0.2) is 9.79 Å². The Balaban J connectivity index is 1.74. The minimum Gasteiger partial charge on any atom is -0.497 e. The van der Waals surface area contributed by atoms with Crippen LogP contribution in [0.15, 0.2) is 105 Å². The summed E-state index contributed by atoms with van der Waals surface area (Å²) < 4.78 is 19.3. The summed E-state index contributed by atoms with van der Waals surface area (Å²) in [7, 11) is 1.59. The normalized spacial score (nSPS) is 14.7. The summed E-state index contributed by atoms with van der Waals surface area (Å²) in [5, 5.41) is 0. The van der Waals surface area contributed by atoms with E-state index in [9.17, 15) is 9.59 Å². The molecule has 7 nitrogen and oxygen atoms in total. The molecule has 0 saturated heterocycles. The molecule has 41 heavy (non-hydrogen) atoms. The Labute approximate surface area is 249 Å². The first-order valence-electron chi connectivity index (χ1n) is 12.9. The average Bonchev–Trinajstić information content (AvgIpc) is 3.30. The first-order chi connectivity index (χ1) is 19.9. The lowest BCUT2D eigenvalue weighted by Crippen LogP contribution is -2.40. The van der Waals surface area contributed by atoms with Gasteiger partial charge < -0.3 is 14.2 Å². The van der Waals surface area contributed by atoms with Crippen LogP contribution in [0.2, 0.25) is 0 Å². The lowest BCUT2D eigenvalue weighted by Gasteiger charge is -2.26. The van der Waals surface area contributed by atoms with E-state index in [0.717, 1.165) is 21.2 Å². The number of carbonyl (C=O) groups excluding carboxylic acids is 1. The van der Waals surface area contributed by atoms with Crippen LogP contribution in [0.4, 0.5) is 0 Å². The molecule has 1 aromatic heterocycles. The molecule has 9 heteroatoms. The summed E-state index contributed by atoms with van der Waals surface area (Å²) in [6, 6.07) is 21.6. The molecule has 0 saturated carbocycles. The first kappa shape index (κ1) is 28.3. The number of esters is 1. The van der Waals surface area contributed by atoms with E-state index in [-0.39, 0.29) is 12.2 Å². The van der Waals surface area contributed by atoms with Crippen molar-refractivity contribution in [3.63, 3.8) is 0 Å². The quantitative estimate of drug-likeness (QED) is 0.186. The number of hydrogen-bond acceptors (Lipinski definition) is 7. The summed E-state index contributed by atoms with van der Waals surface area (Å²) in [4.78, 5) is 32.9. The number of halogens is 1. The molecular formula is C32H27BrN2O5S. The van der Waals surface area contributed by atoms with E-state index in [1.54, 1.807) is 24.7 Å². The minimum absolute atomic E-state index is 0.186. The van der Waals surface area contributed by atoms with Crippen molar-refractivity contribution >= 4 is 45.0 Å². The Kier molecular flexibility index (Phi) is 8.66. The molecule has 2 heterocycles. The van der Waals surface area contributed by atoms with Crippen LogP contribution in [0.5, 0.6) is 11.5 Å². The van der Waals surface area contributed by atoms with Gasteiger partial charge in [0.2, 0.25) is 0 Å². The number of aromatic nitrogens is 1. The molecule has 5 rings (SSSR count). The molecular weight excluding hydrogens is 604 g/mol. The lowest BCUT2D eigenvalue weighted by molar-refractivity contribution is -0.138. The van der Waals surface area contributed by atoms with Gasteiger partial charge in [-0.15, -0.1) is 0 Å². The van der Waals surface area contributed by atoms with E-state index in [1.165, 1.54) is 11.3 Å². The van der Waals surface area contributed by atoms with Crippen molar-refractivity contribution in [2.45, 2.75) is 13.0 Å². The number of ether oxygens (including phenoxy) is 3. The molecule has 1 aliphatic heterocycles. The molecule has 1 aliphatic rings. The van der Waals surface area contributed by atoms with Crippen molar-refractivity contribution in [2.24, 2.45) is 4.99 Å². The molecule has 4 aromatic rings. The van der Waals surface area contributed by atoms with Gasteiger partial charge in [0.1, 0.15) is 18.1 Å². The minimum atomic E-state index is -0.755. The average molecular weight is 632 g/mol. The lowest BCUT2D eigenvalue weighted by atomic mass is 9.93. The van der Waals surface area contributed by atoms with Crippen LogP contribution >= 0.6 is 27.3 Å². The van der Waals surface area contributed by atoms with Crippen LogP contribution in [-0.2, 0) is 9.53 Å². The number of rotatable bonds is 9. The second-order valence-corrected chi connectivity index (χ2v) is 10.9. The van der Waals surface area contributed by atoms with Crippen LogP contribution in [-0.4, -0.2) is 30.9 Å². The summed E-state index contributed by atoms with van der Waals surface area (Å²) in [5.41, 5.74) is 2.81. The second kappa shape index (κ2) is 12.5. The van der Waals surface area contributed by atoms with Gasteiger partial charge in [0.25, 0.3) is 5.56 Å². The fourth-order valence-electron chi connectivity index (χ4n) is 4.57. The zero-order valence-electron chi connectivity index (χ0n) is 22.5. The molecule has 1 atom stereocenters. The van der Waals surface area contributed by atoms with Gasteiger partial charge >= 0.3 is 5.97 Å². The summed E-state index contributed by atoms with van der Waals surface area (Å²) in [5.74, 6) is 0.816. The molecule has 0 bridgehead atoms. The number of methoxy groups -OCH3 is 1. The molecule has 3 aromatic carbocycles. The Morgan fingerprint density at radius 1 is 1.12 bits per heavy atom. The first-order valence-corrected chi connectivity index (χ1v) is 14.5. The monoisotopic (exact) mass is 630 g/mol. The van der Waals surface area contributed by atoms with E-state index in [2.05, 4.69) is 22.5 Å². The molecule has 0 aliphatic carbocycles. The van der Waals surface area contributed by atoms with Gasteiger partial charge in [-0.2, -0.15) is 0 Å². The summed E-state index contributed by atoms with van der Waals surface area (Å²) in [6.45, 7) is 6.00. The van der Waals surface area contributed by atoms with Crippen molar-refractivity contribution in [2.75, 3.05) is 20.3 Å². The Hall–Kier alpha value is -4.21. The molecule has 0 radical (unpaired) electrons. The topological polar surface area (TPSA) is 79.1 Å². The fraction of sp³-hybridized carbons (Fsp3) is 0.156. The maximum absolute atomic E-state index is 14.0. The van der Waals surface area contributed by atoms with Crippen LogP contribution < -0.4 is 24.4 Å². The van der Waals surface area contributed by atoms with Crippen molar-refractivity contribution in [1.29, 1.82) is 0 Å². The Morgan fingerprint density at radius 2 is 1.88 bits per heavy atom. The molecule has 208 valence electrons. The SMILES string of the molecule is C=CCOc1ccc(/C=c2\sc3n(c2=O)[C@@H](c2ccc(OC)cc2)C(C(=O)OCC)=C(c2ccccc2)N=3)cc1Br. The number of hydrogen-bond donors (Lipinski definition) is 0. The third-order valence-electron chi connectivity index (χ3n) is 6.42. The number of carbonyl (C=O) groups is 1. The van der Waals surface area contributed by atoms with Gasteiger partial charge in [-0.05, 0) is 64.3 Å². The molecule has 0 unspecified atom stereocenters. The van der Waals surface area contributed by atoms with E-state index < -0.39 is 12.0 Å². The molecule has 0 amide bonds. The van der Waals surface area contributed by atoms with Gasteiger partial charge in [-0.3, -0.25) is 9.36 Å². The second-order valence-electron chi connectivity index (χ2n) is 8.99. The highest BCUT2D eigenvalue weighted by molar-refractivity contribution is 9.10. The van der Waals surface area contributed by atoms with Crippen LogP contribution in [0, 0.1) is 0 Å². The number of benzene rings is 3. The predicted octanol–water partition coefficient (Wildman–Crippen LogP) is 5.27. The maximum Gasteiger partial charge on any atom is 0.338 e. The van der Waals surface area contributed by atoms with Crippen molar-refractivity contribution in [3.05, 3.63) is 132 Å². The Morgan fingerprint density at radius 3 is 2.54 bits per heavy atom. The fourth-order valence-corrected chi connectivity index (χ4v) is 6.08. The molecule has 0 fully saturated rings. The van der Waals surface area contributed by atoms with E-state index >= 15 is 0 Å². The summed E-state index contributed by atoms with van der Waals surface area (Å²) >= 11 is 4.81. The van der Waals surface area contributed by atoms with Crippen molar-refractivity contribution in [3.8, 4) is 11.5 Å². The smallest absolute Gasteiger partial charge is 0.338 e. The predicted molar refractivity (Wildman–Crippen MR) is 164 cm³/mol. The Bertz CT molecular complexity index is 1810. The van der Waals surface area contributed by atoms with E-state index in [0.29, 0.717) is 38.7 Å². The van der Waals surface area contributed by atoms with E-state index in [4.69, 9.17) is 19.2 Å².